The van der Waals surface area contributed by atoms with Crippen LogP contribution < -0.4 is 5.32 Å². The van der Waals surface area contributed by atoms with Crippen LogP contribution in [0.4, 0.5) is 0 Å². The van der Waals surface area contributed by atoms with Gasteiger partial charge in [-0.3, -0.25) is 9.59 Å². The van der Waals surface area contributed by atoms with Gasteiger partial charge < -0.3 is 15.1 Å². The second-order valence-electron chi connectivity index (χ2n) is 5.44. The fraction of sp³-hybridized carbons (Fsp3) is 0.556. The fourth-order valence-corrected chi connectivity index (χ4v) is 2.39. The maximum atomic E-state index is 12.2. The molecule has 0 aliphatic rings. The van der Waals surface area contributed by atoms with E-state index in [-0.39, 0.29) is 0 Å². The summed E-state index contributed by atoms with van der Waals surface area (Å²) in [5, 5.41) is 2.73. The van der Waals surface area contributed by atoms with Crippen molar-refractivity contribution >= 4 is 11.8 Å². The number of benzene rings is 1. The van der Waals surface area contributed by atoms with E-state index in [0.29, 0.717) is 19.6 Å². The third kappa shape index (κ3) is 6.82. The molecule has 0 aliphatic heterocycles. The van der Waals surface area contributed by atoms with Crippen LogP contribution in [0.25, 0.3) is 0 Å². The Bertz CT molecular complexity index is 472. The third-order valence-electron chi connectivity index (χ3n) is 3.91. The van der Waals surface area contributed by atoms with E-state index in [1.165, 1.54) is 0 Å². The van der Waals surface area contributed by atoms with E-state index >= 15 is 0 Å². The Morgan fingerprint density at radius 2 is 1.65 bits per heavy atom. The average molecular weight is 319 g/mol. The second kappa shape index (κ2) is 10.8. The molecule has 5 nitrogen and oxygen atoms in total. The Balaban J connectivity index is 2.40. The minimum Gasteiger partial charge on any atom is -0.348 e. The second-order valence-corrected chi connectivity index (χ2v) is 5.44. The van der Waals surface area contributed by atoms with Crippen molar-refractivity contribution in [1.29, 1.82) is 0 Å². The van der Waals surface area contributed by atoms with E-state index in [9.17, 15) is 9.59 Å². The van der Waals surface area contributed by atoms with E-state index in [1.54, 1.807) is 4.90 Å². The molecular formula is C18H29N3O2. The molecule has 0 bridgehead atoms. The number of hydrogen-bond donors (Lipinski definition) is 1. The number of carbonyl (C=O) groups excluding carboxylic acids is 2. The minimum absolute atomic E-state index is 0.459. The number of carbonyl (C=O) groups is 2. The number of likely N-dealkylation sites (N-methyl/N-ethyl adjacent to an activating group) is 1. The molecule has 5 heteroatoms. The van der Waals surface area contributed by atoms with Crippen LogP contribution in [0.3, 0.4) is 0 Å². The normalized spacial score (nSPS) is 10.6. The predicted molar refractivity (Wildman–Crippen MR) is 92.9 cm³/mol. The molecule has 1 N–H and O–H groups in total. The number of nitrogens with zero attached hydrogens (tertiary/aromatic N) is 2. The van der Waals surface area contributed by atoms with Crippen LogP contribution in [0.15, 0.2) is 30.3 Å². The summed E-state index contributed by atoms with van der Waals surface area (Å²) in [7, 11) is 0. The van der Waals surface area contributed by atoms with Gasteiger partial charge in [0.1, 0.15) is 0 Å². The molecule has 0 atom stereocenters. The molecule has 2 amide bonds. The number of rotatable bonds is 9. The maximum absolute atomic E-state index is 12.2. The van der Waals surface area contributed by atoms with Crippen LogP contribution >= 0.6 is 0 Å². The molecule has 1 aromatic carbocycles. The zero-order valence-electron chi connectivity index (χ0n) is 14.5. The highest BCUT2D eigenvalue weighted by atomic mass is 16.2. The summed E-state index contributed by atoms with van der Waals surface area (Å²) in [6.07, 6.45) is 0.853. The molecule has 0 radical (unpaired) electrons. The van der Waals surface area contributed by atoms with Gasteiger partial charge in [0.05, 0.1) is 0 Å². The van der Waals surface area contributed by atoms with E-state index in [2.05, 4.69) is 24.1 Å². The highest BCUT2D eigenvalue weighted by Gasteiger charge is 2.20. The Kier molecular flexibility index (Phi) is 8.98. The van der Waals surface area contributed by atoms with Gasteiger partial charge in [-0.25, -0.2) is 0 Å². The molecule has 0 saturated heterocycles. The van der Waals surface area contributed by atoms with Crippen molar-refractivity contribution in [2.45, 2.75) is 33.7 Å². The Labute approximate surface area is 139 Å². The monoisotopic (exact) mass is 319 g/mol. The molecule has 1 aromatic rings. The molecule has 0 spiro atoms. The Hall–Kier alpha value is -1.88. The summed E-state index contributed by atoms with van der Waals surface area (Å²) in [5.41, 5.74) is 1.03. The first-order valence-corrected chi connectivity index (χ1v) is 8.45. The molecule has 0 unspecified atom stereocenters. The first kappa shape index (κ1) is 19.2. The molecule has 0 heterocycles. The summed E-state index contributed by atoms with van der Waals surface area (Å²) in [4.78, 5) is 28.1. The topological polar surface area (TPSA) is 52.7 Å². The van der Waals surface area contributed by atoms with Gasteiger partial charge in [-0.1, -0.05) is 44.2 Å². The molecule has 0 fully saturated rings. The summed E-state index contributed by atoms with van der Waals surface area (Å²) < 4.78 is 0. The molecular weight excluding hydrogens is 290 g/mol. The van der Waals surface area contributed by atoms with Crippen molar-refractivity contribution in [2.24, 2.45) is 0 Å². The van der Waals surface area contributed by atoms with E-state index in [1.807, 2.05) is 37.3 Å². The summed E-state index contributed by atoms with van der Waals surface area (Å²) >= 11 is 0. The lowest BCUT2D eigenvalue weighted by Gasteiger charge is -2.21. The van der Waals surface area contributed by atoms with Crippen molar-refractivity contribution in [1.82, 2.24) is 15.1 Å². The number of amides is 2. The standard InChI is InChI=1S/C18H29N3O2/c1-4-20(5-2)14-10-13-19-17(22)18(23)21(6-3)15-16-11-8-7-9-12-16/h7-9,11-12H,4-6,10,13-15H2,1-3H3,(H,19,22). The maximum Gasteiger partial charge on any atom is 0.312 e. The smallest absolute Gasteiger partial charge is 0.312 e. The van der Waals surface area contributed by atoms with Crippen molar-refractivity contribution in [3.8, 4) is 0 Å². The predicted octanol–water partition coefficient (Wildman–Crippen LogP) is 1.88. The lowest BCUT2D eigenvalue weighted by Crippen LogP contribution is -2.43. The largest absolute Gasteiger partial charge is 0.348 e. The Morgan fingerprint density at radius 1 is 1.00 bits per heavy atom. The molecule has 0 aromatic heterocycles. The minimum atomic E-state index is -0.512. The van der Waals surface area contributed by atoms with Crippen molar-refractivity contribution < 1.29 is 9.59 Å². The van der Waals surface area contributed by atoms with Gasteiger partial charge in [0.2, 0.25) is 0 Å². The molecule has 0 aliphatic carbocycles. The zero-order chi connectivity index (χ0) is 17.1. The van der Waals surface area contributed by atoms with Crippen LogP contribution in [0.1, 0.15) is 32.8 Å². The van der Waals surface area contributed by atoms with E-state index in [0.717, 1.165) is 31.6 Å². The van der Waals surface area contributed by atoms with Gasteiger partial charge in [0.25, 0.3) is 0 Å². The van der Waals surface area contributed by atoms with Crippen molar-refractivity contribution in [3.05, 3.63) is 35.9 Å². The van der Waals surface area contributed by atoms with E-state index in [4.69, 9.17) is 0 Å². The van der Waals surface area contributed by atoms with Gasteiger partial charge in [0, 0.05) is 19.6 Å². The van der Waals surface area contributed by atoms with Crippen LogP contribution in [-0.4, -0.2) is 54.3 Å². The molecule has 0 saturated carbocycles. The Morgan fingerprint density at radius 3 is 2.22 bits per heavy atom. The summed E-state index contributed by atoms with van der Waals surface area (Å²) in [6, 6.07) is 9.71. The first-order chi connectivity index (χ1) is 11.1. The number of nitrogens with one attached hydrogen (secondary N) is 1. The van der Waals surface area contributed by atoms with Gasteiger partial charge in [-0.15, -0.1) is 0 Å². The highest BCUT2D eigenvalue weighted by molar-refractivity contribution is 6.34. The van der Waals surface area contributed by atoms with Crippen LogP contribution in [0.2, 0.25) is 0 Å². The van der Waals surface area contributed by atoms with Crippen LogP contribution in [0, 0.1) is 0 Å². The van der Waals surface area contributed by atoms with Gasteiger partial charge in [0.15, 0.2) is 0 Å². The van der Waals surface area contributed by atoms with Crippen LogP contribution in [0.5, 0.6) is 0 Å². The highest BCUT2D eigenvalue weighted by Crippen LogP contribution is 2.04. The summed E-state index contributed by atoms with van der Waals surface area (Å²) in [6.45, 7) is 10.6. The molecule has 128 valence electrons. The number of hydrogen-bond acceptors (Lipinski definition) is 3. The molecule has 1 rings (SSSR count). The fourth-order valence-electron chi connectivity index (χ4n) is 2.39. The summed E-state index contributed by atoms with van der Waals surface area (Å²) in [5.74, 6) is -0.971. The zero-order valence-corrected chi connectivity index (χ0v) is 14.5. The van der Waals surface area contributed by atoms with Crippen LogP contribution in [-0.2, 0) is 16.1 Å². The van der Waals surface area contributed by atoms with E-state index < -0.39 is 11.8 Å². The molecule has 23 heavy (non-hydrogen) atoms. The SMILES string of the molecule is CCN(CC)CCCNC(=O)C(=O)N(CC)Cc1ccccc1. The van der Waals surface area contributed by atoms with Gasteiger partial charge >= 0.3 is 11.8 Å². The van der Waals surface area contributed by atoms with Crippen molar-refractivity contribution in [2.75, 3.05) is 32.7 Å². The lowest BCUT2D eigenvalue weighted by molar-refractivity contribution is -0.146. The van der Waals surface area contributed by atoms with Gasteiger partial charge in [-0.2, -0.15) is 0 Å². The average Bonchev–Trinajstić information content (AvgIpc) is 2.60. The quantitative estimate of drug-likeness (QED) is 0.558. The lowest BCUT2D eigenvalue weighted by atomic mass is 10.2. The third-order valence-corrected chi connectivity index (χ3v) is 3.91. The van der Waals surface area contributed by atoms with Gasteiger partial charge in [-0.05, 0) is 38.5 Å². The van der Waals surface area contributed by atoms with Crippen molar-refractivity contribution in [3.63, 3.8) is 0 Å². The first-order valence-electron chi connectivity index (χ1n) is 8.45.